The summed E-state index contributed by atoms with van der Waals surface area (Å²) in [4.78, 5) is 14.4. The van der Waals surface area contributed by atoms with Crippen LogP contribution in [0.4, 0.5) is 11.4 Å². The maximum absolute atomic E-state index is 10.6. The van der Waals surface area contributed by atoms with Gasteiger partial charge >= 0.3 is 0 Å². The highest BCUT2D eigenvalue weighted by Crippen LogP contribution is 2.14. The van der Waals surface area contributed by atoms with Crippen LogP contribution in [0.1, 0.15) is 5.56 Å². The second kappa shape index (κ2) is 10.6. The lowest BCUT2D eigenvalue weighted by Crippen LogP contribution is -2.40. The van der Waals surface area contributed by atoms with Gasteiger partial charge < -0.3 is 20.7 Å². The standard InChI is InChI=1S/C19H25N5O3/c1-20-19(22-12-11-15-3-9-18(27-2)10-4-15)23-14-13-21-16-5-7-17(8-6-16)24(25)26/h3-10,21H,11-14H2,1-2H3,(H2,20,22,23). The number of anilines is 1. The molecule has 3 N–H and O–H groups in total. The molecule has 2 aromatic carbocycles. The third-order valence-corrected chi connectivity index (χ3v) is 3.91. The third-order valence-electron chi connectivity index (χ3n) is 3.91. The lowest BCUT2D eigenvalue weighted by Gasteiger charge is -2.13. The minimum absolute atomic E-state index is 0.0835. The summed E-state index contributed by atoms with van der Waals surface area (Å²) in [6.45, 7) is 2.10. The number of benzene rings is 2. The Morgan fingerprint density at radius 2 is 1.70 bits per heavy atom. The van der Waals surface area contributed by atoms with Crippen molar-refractivity contribution in [2.45, 2.75) is 6.42 Å². The number of guanidine groups is 1. The average molecular weight is 371 g/mol. The molecule has 0 aromatic heterocycles. The molecule has 0 bridgehead atoms. The molecule has 0 saturated carbocycles. The first-order chi connectivity index (χ1) is 13.1. The molecule has 0 radical (unpaired) electrons. The van der Waals surface area contributed by atoms with Gasteiger partial charge in [-0.2, -0.15) is 0 Å². The van der Waals surface area contributed by atoms with Crippen molar-refractivity contribution < 1.29 is 9.66 Å². The van der Waals surface area contributed by atoms with E-state index in [4.69, 9.17) is 4.74 Å². The number of methoxy groups -OCH3 is 1. The molecule has 8 heteroatoms. The summed E-state index contributed by atoms with van der Waals surface area (Å²) in [5, 5.41) is 20.3. The van der Waals surface area contributed by atoms with E-state index in [1.54, 1.807) is 26.3 Å². The molecule has 0 heterocycles. The van der Waals surface area contributed by atoms with E-state index in [0.29, 0.717) is 13.1 Å². The van der Waals surface area contributed by atoms with Crippen molar-refractivity contribution in [3.05, 3.63) is 64.2 Å². The molecule has 0 atom stereocenters. The summed E-state index contributed by atoms with van der Waals surface area (Å²) in [7, 11) is 3.38. The van der Waals surface area contributed by atoms with Gasteiger partial charge in [0, 0.05) is 44.5 Å². The van der Waals surface area contributed by atoms with Crippen LogP contribution in [0.3, 0.4) is 0 Å². The summed E-state index contributed by atoms with van der Waals surface area (Å²) in [5.74, 6) is 1.58. The Morgan fingerprint density at radius 1 is 1.04 bits per heavy atom. The molecule has 27 heavy (non-hydrogen) atoms. The second-order valence-electron chi connectivity index (χ2n) is 5.75. The summed E-state index contributed by atoms with van der Waals surface area (Å²) in [6.07, 6.45) is 0.881. The van der Waals surface area contributed by atoms with Crippen molar-refractivity contribution in [3.63, 3.8) is 0 Å². The average Bonchev–Trinajstić information content (AvgIpc) is 2.70. The van der Waals surface area contributed by atoms with Crippen LogP contribution < -0.4 is 20.7 Å². The van der Waals surface area contributed by atoms with Gasteiger partial charge in [-0.1, -0.05) is 12.1 Å². The smallest absolute Gasteiger partial charge is 0.269 e. The Morgan fingerprint density at radius 3 is 2.30 bits per heavy atom. The van der Waals surface area contributed by atoms with Gasteiger partial charge in [0.1, 0.15) is 5.75 Å². The molecule has 2 rings (SSSR count). The fourth-order valence-electron chi connectivity index (χ4n) is 2.43. The summed E-state index contributed by atoms with van der Waals surface area (Å²) in [5.41, 5.74) is 2.14. The van der Waals surface area contributed by atoms with Crippen LogP contribution in [0.2, 0.25) is 0 Å². The van der Waals surface area contributed by atoms with Crippen LogP contribution in [0.25, 0.3) is 0 Å². The van der Waals surface area contributed by atoms with E-state index in [1.165, 1.54) is 17.7 Å². The van der Waals surface area contributed by atoms with Gasteiger partial charge in [-0.3, -0.25) is 15.1 Å². The molecule has 8 nitrogen and oxygen atoms in total. The molecule has 0 aliphatic rings. The first kappa shape index (κ1) is 20.0. The normalized spacial score (nSPS) is 11.0. The van der Waals surface area contributed by atoms with E-state index in [1.807, 2.05) is 24.3 Å². The van der Waals surface area contributed by atoms with Crippen LogP contribution >= 0.6 is 0 Å². The number of nitro benzene ring substituents is 1. The van der Waals surface area contributed by atoms with Gasteiger partial charge in [0.25, 0.3) is 5.69 Å². The fraction of sp³-hybridized carbons (Fsp3) is 0.316. The van der Waals surface area contributed by atoms with E-state index >= 15 is 0 Å². The first-order valence-corrected chi connectivity index (χ1v) is 8.68. The van der Waals surface area contributed by atoms with Gasteiger partial charge in [0.15, 0.2) is 5.96 Å². The molecule has 0 fully saturated rings. The zero-order valence-electron chi connectivity index (χ0n) is 15.6. The highest BCUT2D eigenvalue weighted by Gasteiger charge is 2.03. The largest absolute Gasteiger partial charge is 0.497 e. The summed E-state index contributed by atoms with van der Waals surface area (Å²) in [6, 6.07) is 14.3. The van der Waals surface area contributed by atoms with E-state index < -0.39 is 4.92 Å². The Hall–Kier alpha value is -3.29. The lowest BCUT2D eigenvalue weighted by atomic mass is 10.1. The van der Waals surface area contributed by atoms with Gasteiger partial charge in [0.2, 0.25) is 0 Å². The number of nitro groups is 1. The zero-order valence-corrected chi connectivity index (χ0v) is 15.6. The molecule has 0 unspecified atom stereocenters. The molecule has 0 aliphatic heterocycles. The molecule has 144 valence electrons. The summed E-state index contributed by atoms with van der Waals surface area (Å²) < 4.78 is 5.15. The lowest BCUT2D eigenvalue weighted by molar-refractivity contribution is -0.384. The van der Waals surface area contributed by atoms with E-state index in [9.17, 15) is 10.1 Å². The van der Waals surface area contributed by atoms with Crippen molar-refractivity contribution in [2.24, 2.45) is 4.99 Å². The Kier molecular flexibility index (Phi) is 7.90. The number of nitrogens with zero attached hydrogens (tertiary/aromatic N) is 2. The van der Waals surface area contributed by atoms with E-state index in [2.05, 4.69) is 20.9 Å². The number of ether oxygens (including phenoxy) is 1. The topological polar surface area (TPSA) is 101 Å². The zero-order chi connectivity index (χ0) is 19.5. The SMILES string of the molecule is CN=C(NCCNc1ccc([N+](=O)[O-])cc1)NCCc1ccc(OC)cc1. The minimum Gasteiger partial charge on any atom is -0.497 e. The molecule has 2 aromatic rings. The molecule has 0 aliphatic carbocycles. The molecular weight excluding hydrogens is 346 g/mol. The van der Waals surface area contributed by atoms with Gasteiger partial charge in [-0.15, -0.1) is 0 Å². The van der Waals surface area contributed by atoms with Crippen LogP contribution in [-0.4, -0.2) is 44.7 Å². The van der Waals surface area contributed by atoms with E-state index in [-0.39, 0.29) is 5.69 Å². The van der Waals surface area contributed by atoms with Crippen LogP contribution in [0.15, 0.2) is 53.5 Å². The maximum atomic E-state index is 10.6. The molecule has 0 saturated heterocycles. The van der Waals surface area contributed by atoms with Crippen LogP contribution in [0.5, 0.6) is 5.75 Å². The number of non-ortho nitro benzene ring substituents is 1. The number of hydrogen-bond acceptors (Lipinski definition) is 5. The monoisotopic (exact) mass is 371 g/mol. The predicted molar refractivity (Wildman–Crippen MR) is 108 cm³/mol. The molecule has 0 spiro atoms. The Balaban J connectivity index is 1.65. The number of nitrogens with one attached hydrogen (secondary N) is 3. The van der Waals surface area contributed by atoms with Crippen molar-refractivity contribution >= 4 is 17.3 Å². The second-order valence-corrected chi connectivity index (χ2v) is 5.75. The number of hydrogen-bond donors (Lipinski definition) is 3. The van der Waals surface area contributed by atoms with Crippen molar-refractivity contribution in [1.29, 1.82) is 0 Å². The van der Waals surface area contributed by atoms with Crippen molar-refractivity contribution in [2.75, 3.05) is 39.1 Å². The van der Waals surface area contributed by atoms with Gasteiger partial charge in [-0.25, -0.2) is 0 Å². The highest BCUT2D eigenvalue weighted by molar-refractivity contribution is 5.79. The fourth-order valence-corrected chi connectivity index (χ4v) is 2.43. The van der Waals surface area contributed by atoms with Crippen molar-refractivity contribution in [1.82, 2.24) is 10.6 Å². The van der Waals surface area contributed by atoms with Crippen LogP contribution in [0, 0.1) is 10.1 Å². The maximum Gasteiger partial charge on any atom is 0.269 e. The van der Waals surface area contributed by atoms with Crippen molar-refractivity contribution in [3.8, 4) is 5.75 Å². The summed E-state index contributed by atoms with van der Waals surface area (Å²) >= 11 is 0. The van der Waals surface area contributed by atoms with Gasteiger partial charge in [0.05, 0.1) is 12.0 Å². The quantitative estimate of drug-likeness (QED) is 0.206. The minimum atomic E-state index is -0.410. The van der Waals surface area contributed by atoms with Crippen LogP contribution in [-0.2, 0) is 6.42 Å². The molecule has 0 amide bonds. The first-order valence-electron chi connectivity index (χ1n) is 8.68. The predicted octanol–water partition coefficient (Wildman–Crippen LogP) is 2.42. The number of rotatable bonds is 9. The van der Waals surface area contributed by atoms with E-state index in [0.717, 1.165) is 30.4 Å². The Labute approximate surface area is 158 Å². The number of aliphatic imine (C=N–C) groups is 1. The van der Waals surface area contributed by atoms with Gasteiger partial charge in [-0.05, 0) is 36.2 Å². The highest BCUT2D eigenvalue weighted by atomic mass is 16.6. The third kappa shape index (κ3) is 6.85. The molecular formula is C19H25N5O3. The Bertz CT molecular complexity index is 745.